The number of nitrogens with zero attached hydrogens (tertiary/aromatic N) is 1. The molecule has 0 aromatic heterocycles. The van der Waals surface area contributed by atoms with Crippen LogP contribution < -0.4 is 5.32 Å². The lowest BCUT2D eigenvalue weighted by Gasteiger charge is -2.20. The van der Waals surface area contributed by atoms with Crippen LogP contribution in [-0.2, 0) is 4.79 Å². The highest BCUT2D eigenvalue weighted by molar-refractivity contribution is 5.78. The van der Waals surface area contributed by atoms with Gasteiger partial charge in [-0.05, 0) is 32.7 Å². The lowest BCUT2D eigenvalue weighted by molar-refractivity contribution is -0.130. The van der Waals surface area contributed by atoms with Crippen molar-refractivity contribution in [2.45, 2.75) is 32.2 Å². The maximum absolute atomic E-state index is 11.6. The van der Waals surface area contributed by atoms with Gasteiger partial charge in [-0.3, -0.25) is 4.79 Å². The van der Waals surface area contributed by atoms with Gasteiger partial charge in [0, 0.05) is 19.2 Å². The second-order valence-electron chi connectivity index (χ2n) is 3.66. The number of aliphatic hydroxyl groups excluding tert-OH is 1. The van der Waals surface area contributed by atoms with Crippen LogP contribution in [0.15, 0.2) is 0 Å². The molecule has 0 aromatic carbocycles. The zero-order chi connectivity index (χ0) is 10.4. The number of amides is 1. The Morgan fingerprint density at radius 3 is 2.79 bits per heavy atom. The first-order valence-corrected chi connectivity index (χ1v) is 5.40. The standard InChI is InChI=1S/C10H20N2O2/c1-2-12(9-4-5-9)10(14)8-11-6-3-7-13/h9,11,13H,2-8H2,1H3. The minimum atomic E-state index is 0.182. The smallest absolute Gasteiger partial charge is 0.236 e. The number of carbonyl (C=O) groups is 1. The molecule has 1 aliphatic carbocycles. The number of likely N-dealkylation sites (N-methyl/N-ethyl adjacent to an activating group) is 1. The van der Waals surface area contributed by atoms with E-state index in [-0.39, 0.29) is 12.5 Å². The number of hydrogen-bond acceptors (Lipinski definition) is 3. The monoisotopic (exact) mass is 200 g/mol. The van der Waals surface area contributed by atoms with Gasteiger partial charge in [-0.25, -0.2) is 0 Å². The van der Waals surface area contributed by atoms with Crippen LogP contribution in [0.4, 0.5) is 0 Å². The summed E-state index contributed by atoms with van der Waals surface area (Å²) in [6.07, 6.45) is 3.04. The maximum atomic E-state index is 11.6. The molecule has 1 fully saturated rings. The van der Waals surface area contributed by atoms with E-state index in [2.05, 4.69) is 5.32 Å². The fourth-order valence-corrected chi connectivity index (χ4v) is 1.53. The molecule has 4 heteroatoms. The highest BCUT2D eigenvalue weighted by Gasteiger charge is 2.30. The van der Waals surface area contributed by atoms with Crippen molar-refractivity contribution in [2.24, 2.45) is 0 Å². The molecule has 0 radical (unpaired) electrons. The molecular weight excluding hydrogens is 180 g/mol. The van der Waals surface area contributed by atoms with E-state index in [0.717, 1.165) is 19.4 Å². The van der Waals surface area contributed by atoms with Gasteiger partial charge < -0.3 is 15.3 Å². The molecule has 0 unspecified atom stereocenters. The lowest BCUT2D eigenvalue weighted by Crippen LogP contribution is -2.39. The van der Waals surface area contributed by atoms with Crippen molar-refractivity contribution in [3.63, 3.8) is 0 Å². The average Bonchev–Trinajstić information content (AvgIpc) is 2.98. The number of nitrogens with one attached hydrogen (secondary N) is 1. The normalized spacial score (nSPS) is 15.6. The average molecular weight is 200 g/mol. The molecule has 0 atom stereocenters. The third kappa shape index (κ3) is 3.64. The largest absolute Gasteiger partial charge is 0.396 e. The van der Waals surface area contributed by atoms with Gasteiger partial charge in [-0.2, -0.15) is 0 Å². The Balaban J connectivity index is 2.12. The van der Waals surface area contributed by atoms with Crippen LogP contribution in [-0.4, -0.2) is 48.2 Å². The van der Waals surface area contributed by atoms with Crippen molar-refractivity contribution < 1.29 is 9.90 Å². The summed E-state index contributed by atoms with van der Waals surface area (Å²) in [7, 11) is 0. The topological polar surface area (TPSA) is 52.6 Å². The van der Waals surface area contributed by atoms with Gasteiger partial charge in [-0.1, -0.05) is 0 Å². The van der Waals surface area contributed by atoms with Gasteiger partial charge in [-0.15, -0.1) is 0 Å². The van der Waals surface area contributed by atoms with Crippen LogP contribution in [0.5, 0.6) is 0 Å². The van der Waals surface area contributed by atoms with Crippen molar-refractivity contribution in [2.75, 3.05) is 26.2 Å². The first-order chi connectivity index (χ1) is 6.79. The van der Waals surface area contributed by atoms with E-state index in [1.807, 2.05) is 11.8 Å². The summed E-state index contributed by atoms with van der Waals surface area (Å²) in [5.41, 5.74) is 0. The second-order valence-corrected chi connectivity index (χ2v) is 3.66. The van der Waals surface area contributed by atoms with Crippen molar-refractivity contribution >= 4 is 5.91 Å². The molecule has 1 aliphatic rings. The van der Waals surface area contributed by atoms with Crippen LogP contribution >= 0.6 is 0 Å². The van der Waals surface area contributed by atoms with E-state index in [1.54, 1.807) is 0 Å². The summed E-state index contributed by atoms with van der Waals surface area (Å²) in [6, 6.07) is 0.507. The Bertz CT molecular complexity index is 181. The minimum absolute atomic E-state index is 0.182. The summed E-state index contributed by atoms with van der Waals surface area (Å²) in [5, 5.41) is 11.6. The fourth-order valence-electron chi connectivity index (χ4n) is 1.53. The van der Waals surface area contributed by atoms with E-state index < -0.39 is 0 Å². The fraction of sp³-hybridized carbons (Fsp3) is 0.900. The molecule has 0 aromatic rings. The van der Waals surface area contributed by atoms with Gasteiger partial charge >= 0.3 is 0 Å². The molecule has 0 saturated heterocycles. The van der Waals surface area contributed by atoms with Gasteiger partial charge in [0.1, 0.15) is 0 Å². The number of rotatable bonds is 7. The molecule has 2 N–H and O–H groups in total. The molecule has 0 aliphatic heterocycles. The van der Waals surface area contributed by atoms with E-state index in [0.29, 0.717) is 25.6 Å². The molecule has 4 nitrogen and oxygen atoms in total. The highest BCUT2D eigenvalue weighted by atomic mass is 16.3. The van der Waals surface area contributed by atoms with Crippen LogP contribution in [0.1, 0.15) is 26.2 Å². The summed E-state index contributed by atoms with van der Waals surface area (Å²) in [6.45, 7) is 4.13. The second kappa shape index (κ2) is 5.98. The number of carbonyl (C=O) groups excluding carboxylic acids is 1. The molecular formula is C10H20N2O2. The number of hydrogen-bond donors (Lipinski definition) is 2. The van der Waals surface area contributed by atoms with Crippen LogP contribution in [0.2, 0.25) is 0 Å². The van der Waals surface area contributed by atoms with Gasteiger partial charge in [0.25, 0.3) is 0 Å². The number of aliphatic hydroxyl groups is 1. The van der Waals surface area contributed by atoms with E-state index in [9.17, 15) is 4.79 Å². The quantitative estimate of drug-likeness (QED) is 0.567. The van der Waals surface area contributed by atoms with Crippen molar-refractivity contribution in [1.82, 2.24) is 10.2 Å². The molecule has 0 heterocycles. The minimum Gasteiger partial charge on any atom is -0.396 e. The summed E-state index contributed by atoms with van der Waals surface area (Å²) in [5.74, 6) is 0.188. The summed E-state index contributed by atoms with van der Waals surface area (Å²) in [4.78, 5) is 13.6. The maximum Gasteiger partial charge on any atom is 0.236 e. The Kier molecular flexibility index (Phi) is 4.90. The summed E-state index contributed by atoms with van der Waals surface area (Å²) < 4.78 is 0. The predicted molar refractivity (Wildman–Crippen MR) is 55.0 cm³/mol. The Morgan fingerprint density at radius 1 is 1.57 bits per heavy atom. The lowest BCUT2D eigenvalue weighted by atomic mass is 10.4. The van der Waals surface area contributed by atoms with Crippen LogP contribution in [0, 0.1) is 0 Å². The zero-order valence-electron chi connectivity index (χ0n) is 8.83. The third-order valence-corrected chi connectivity index (χ3v) is 2.44. The molecule has 1 rings (SSSR count). The molecule has 82 valence electrons. The summed E-state index contributed by atoms with van der Waals surface area (Å²) >= 11 is 0. The van der Waals surface area contributed by atoms with Crippen molar-refractivity contribution in [3.8, 4) is 0 Å². The SMILES string of the molecule is CCN(C(=O)CNCCCO)C1CC1. The van der Waals surface area contributed by atoms with Crippen LogP contribution in [0.3, 0.4) is 0 Å². The Hall–Kier alpha value is -0.610. The van der Waals surface area contributed by atoms with Gasteiger partial charge in [0.05, 0.1) is 6.54 Å². The first-order valence-electron chi connectivity index (χ1n) is 5.40. The molecule has 0 spiro atoms. The third-order valence-electron chi connectivity index (χ3n) is 2.44. The molecule has 1 amide bonds. The van der Waals surface area contributed by atoms with Crippen molar-refractivity contribution in [3.05, 3.63) is 0 Å². The van der Waals surface area contributed by atoms with E-state index >= 15 is 0 Å². The van der Waals surface area contributed by atoms with Crippen LogP contribution in [0.25, 0.3) is 0 Å². The first kappa shape index (κ1) is 11.5. The molecule has 1 saturated carbocycles. The van der Waals surface area contributed by atoms with E-state index in [4.69, 9.17) is 5.11 Å². The van der Waals surface area contributed by atoms with Gasteiger partial charge in [0.2, 0.25) is 5.91 Å². The van der Waals surface area contributed by atoms with E-state index in [1.165, 1.54) is 0 Å². The molecule has 0 bridgehead atoms. The predicted octanol–water partition coefficient (Wildman–Crippen LogP) is -0.0307. The molecule has 14 heavy (non-hydrogen) atoms. The Morgan fingerprint density at radius 2 is 2.29 bits per heavy atom. The van der Waals surface area contributed by atoms with Gasteiger partial charge in [0.15, 0.2) is 0 Å². The van der Waals surface area contributed by atoms with Crippen molar-refractivity contribution in [1.29, 1.82) is 0 Å². The zero-order valence-corrected chi connectivity index (χ0v) is 8.83. The highest BCUT2D eigenvalue weighted by Crippen LogP contribution is 2.26. The Labute approximate surface area is 85.3 Å².